The van der Waals surface area contributed by atoms with Gasteiger partial charge in [-0.2, -0.15) is 0 Å². The molecule has 0 aromatic heterocycles. The van der Waals surface area contributed by atoms with Gasteiger partial charge in [0.25, 0.3) is 11.6 Å². The van der Waals surface area contributed by atoms with Crippen molar-refractivity contribution in [2.75, 3.05) is 13.1 Å². The summed E-state index contributed by atoms with van der Waals surface area (Å²) in [5, 5.41) is 13.9. The Labute approximate surface area is 126 Å². The monoisotopic (exact) mass is 311 g/mol. The van der Waals surface area contributed by atoms with Gasteiger partial charge in [-0.05, 0) is 18.6 Å². The predicted octanol–water partition coefficient (Wildman–Crippen LogP) is 1.60. The van der Waals surface area contributed by atoms with Crippen LogP contribution in [0.2, 0.25) is 5.02 Å². The first-order valence-corrected chi connectivity index (χ1v) is 6.86. The number of rotatable bonds is 3. The molecule has 1 fully saturated rings. The summed E-state index contributed by atoms with van der Waals surface area (Å²) in [5.74, 6) is -0.770. The molecule has 7 nitrogen and oxygen atoms in total. The Kier molecular flexibility index (Phi) is 4.42. The number of nitrogens with zero attached hydrogens (tertiary/aromatic N) is 2. The molecule has 1 atom stereocenters. The summed E-state index contributed by atoms with van der Waals surface area (Å²) in [7, 11) is 0. The van der Waals surface area contributed by atoms with Crippen LogP contribution >= 0.6 is 11.6 Å². The van der Waals surface area contributed by atoms with Gasteiger partial charge < -0.3 is 10.2 Å². The summed E-state index contributed by atoms with van der Waals surface area (Å²) < 4.78 is 0. The van der Waals surface area contributed by atoms with Crippen LogP contribution in [0.5, 0.6) is 0 Å². The average molecular weight is 312 g/mol. The van der Waals surface area contributed by atoms with E-state index < -0.39 is 16.9 Å². The smallest absolute Gasteiger partial charge is 0.283 e. The summed E-state index contributed by atoms with van der Waals surface area (Å²) in [6, 6.07) is 3.27. The lowest BCUT2D eigenvalue weighted by Crippen LogP contribution is -2.56. The fourth-order valence-electron chi connectivity index (χ4n) is 2.36. The van der Waals surface area contributed by atoms with Crippen LogP contribution in [-0.2, 0) is 4.79 Å². The van der Waals surface area contributed by atoms with Gasteiger partial charge in [0, 0.05) is 24.2 Å². The van der Waals surface area contributed by atoms with Crippen molar-refractivity contribution in [3.8, 4) is 0 Å². The number of nitro groups is 1. The Bertz CT molecular complexity index is 605. The SMILES string of the molecule is CCC1C(=O)NCCN1C(=O)c1ccc(Cl)cc1[N+](=O)[O-]. The Hall–Kier alpha value is -2.15. The first kappa shape index (κ1) is 15.2. The molecule has 1 aliphatic rings. The molecule has 1 saturated heterocycles. The van der Waals surface area contributed by atoms with Crippen molar-refractivity contribution in [2.24, 2.45) is 0 Å². The zero-order valence-corrected chi connectivity index (χ0v) is 12.1. The van der Waals surface area contributed by atoms with Crippen molar-refractivity contribution in [1.82, 2.24) is 10.2 Å². The van der Waals surface area contributed by atoms with Crippen molar-refractivity contribution in [1.29, 1.82) is 0 Å². The third-order valence-electron chi connectivity index (χ3n) is 3.37. The van der Waals surface area contributed by atoms with Gasteiger partial charge in [0.05, 0.1) is 4.92 Å². The van der Waals surface area contributed by atoms with Crippen molar-refractivity contribution in [2.45, 2.75) is 19.4 Å². The maximum Gasteiger partial charge on any atom is 0.283 e. The summed E-state index contributed by atoms with van der Waals surface area (Å²) in [6.07, 6.45) is 0.443. The van der Waals surface area contributed by atoms with Crippen LogP contribution in [0.15, 0.2) is 18.2 Å². The lowest BCUT2D eigenvalue weighted by atomic mass is 10.1. The Morgan fingerprint density at radius 2 is 2.29 bits per heavy atom. The van der Waals surface area contributed by atoms with Crippen molar-refractivity contribution >= 4 is 29.1 Å². The molecule has 0 bridgehead atoms. The van der Waals surface area contributed by atoms with Gasteiger partial charge in [-0.1, -0.05) is 18.5 Å². The van der Waals surface area contributed by atoms with E-state index >= 15 is 0 Å². The van der Waals surface area contributed by atoms with Crippen LogP contribution in [-0.4, -0.2) is 40.8 Å². The second-order valence-electron chi connectivity index (χ2n) is 4.63. The number of carbonyl (C=O) groups excluding carboxylic acids is 2. The number of piperazine rings is 1. The number of nitro benzene ring substituents is 1. The summed E-state index contributed by atoms with van der Waals surface area (Å²) in [4.78, 5) is 36.1. The van der Waals surface area contributed by atoms with Crippen molar-refractivity contribution in [3.05, 3.63) is 38.9 Å². The topological polar surface area (TPSA) is 92.6 Å². The summed E-state index contributed by atoms with van der Waals surface area (Å²) in [5.41, 5.74) is -0.411. The Morgan fingerprint density at radius 3 is 2.90 bits per heavy atom. The number of halogens is 1. The third-order valence-corrected chi connectivity index (χ3v) is 3.60. The lowest BCUT2D eigenvalue weighted by Gasteiger charge is -2.34. The molecule has 2 rings (SSSR count). The fraction of sp³-hybridized carbons (Fsp3) is 0.385. The van der Waals surface area contributed by atoms with Gasteiger partial charge in [0.1, 0.15) is 11.6 Å². The molecular formula is C13H14ClN3O4. The second kappa shape index (κ2) is 6.09. The highest BCUT2D eigenvalue weighted by Gasteiger charge is 2.34. The molecule has 21 heavy (non-hydrogen) atoms. The highest BCUT2D eigenvalue weighted by atomic mass is 35.5. The van der Waals surface area contributed by atoms with Crippen LogP contribution in [0.4, 0.5) is 5.69 Å². The van der Waals surface area contributed by atoms with Gasteiger partial charge in [0.15, 0.2) is 0 Å². The Balaban J connectivity index is 2.39. The second-order valence-corrected chi connectivity index (χ2v) is 5.07. The van der Waals surface area contributed by atoms with Crippen LogP contribution in [0, 0.1) is 10.1 Å². The van der Waals surface area contributed by atoms with E-state index in [9.17, 15) is 19.7 Å². The molecule has 112 valence electrons. The minimum atomic E-state index is -0.649. The van der Waals surface area contributed by atoms with E-state index in [0.29, 0.717) is 19.5 Å². The molecule has 2 amide bonds. The number of nitrogens with one attached hydrogen (secondary N) is 1. The maximum absolute atomic E-state index is 12.5. The number of benzene rings is 1. The normalized spacial score (nSPS) is 18.3. The van der Waals surface area contributed by atoms with E-state index in [-0.39, 0.29) is 22.2 Å². The van der Waals surface area contributed by atoms with Crippen LogP contribution in [0.3, 0.4) is 0 Å². The largest absolute Gasteiger partial charge is 0.353 e. The van der Waals surface area contributed by atoms with Crippen LogP contribution < -0.4 is 5.32 Å². The van der Waals surface area contributed by atoms with Crippen LogP contribution in [0.1, 0.15) is 23.7 Å². The molecule has 1 N–H and O–H groups in total. The number of carbonyl (C=O) groups is 2. The van der Waals surface area contributed by atoms with E-state index in [2.05, 4.69) is 5.32 Å². The average Bonchev–Trinajstić information content (AvgIpc) is 2.46. The molecule has 1 heterocycles. The van der Waals surface area contributed by atoms with E-state index in [1.54, 1.807) is 6.92 Å². The van der Waals surface area contributed by atoms with Gasteiger partial charge in [0.2, 0.25) is 5.91 Å². The molecule has 8 heteroatoms. The lowest BCUT2D eigenvalue weighted by molar-refractivity contribution is -0.385. The molecule has 0 spiro atoms. The first-order valence-electron chi connectivity index (χ1n) is 6.48. The highest BCUT2D eigenvalue weighted by molar-refractivity contribution is 6.31. The summed E-state index contributed by atoms with van der Waals surface area (Å²) in [6.45, 7) is 2.44. The molecule has 1 aliphatic heterocycles. The minimum Gasteiger partial charge on any atom is -0.353 e. The number of amides is 2. The highest BCUT2D eigenvalue weighted by Crippen LogP contribution is 2.25. The van der Waals surface area contributed by atoms with Crippen molar-refractivity contribution < 1.29 is 14.5 Å². The molecule has 1 unspecified atom stereocenters. The van der Waals surface area contributed by atoms with Crippen LogP contribution in [0.25, 0.3) is 0 Å². The van der Waals surface area contributed by atoms with Crippen molar-refractivity contribution in [3.63, 3.8) is 0 Å². The van der Waals surface area contributed by atoms with Gasteiger partial charge in [-0.3, -0.25) is 19.7 Å². The molecule has 0 saturated carbocycles. The van der Waals surface area contributed by atoms with E-state index in [1.807, 2.05) is 0 Å². The molecule has 1 aromatic carbocycles. The van der Waals surface area contributed by atoms with Gasteiger partial charge in [-0.25, -0.2) is 0 Å². The first-order chi connectivity index (χ1) is 9.95. The zero-order chi connectivity index (χ0) is 15.6. The molecule has 0 aliphatic carbocycles. The zero-order valence-electron chi connectivity index (χ0n) is 11.3. The van der Waals surface area contributed by atoms with E-state index in [0.717, 1.165) is 6.07 Å². The standard InChI is InChI=1S/C13H14ClN3O4/c1-2-10-12(18)15-5-6-16(10)13(19)9-4-3-8(14)7-11(9)17(20)21/h3-4,7,10H,2,5-6H2,1H3,(H,15,18). The minimum absolute atomic E-state index is 0.0578. The third kappa shape index (κ3) is 2.97. The number of hydrogen-bond donors (Lipinski definition) is 1. The van der Waals surface area contributed by atoms with Gasteiger partial charge >= 0.3 is 0 Å². The van der Waals surface area contributed by atoms with E-state index in [1.165, 1.54) is 17.0 Å². The van der Waals surface area contributed by atoms with E-state index in [4.69, 9.17) is 11.6 Å². The summed E-state index contributed by atoms with van der Waals surface area (Å²) >= 11 is 5.74. The maximum atomic E-state index is 12.5. The molecule has 0 radical (unpaired) electrons. The fourth-order valence-corrected chi connectivity index (χ4v) is 2.52. The molecule has 1 aromatic rings. The number of hydrogen-bond acceptors (Lipinski definition) is 4. The van der Waals surface area contributed by atoms with Gasteiger partial charge in [-0.15, -0.1) is 0 Å². The quantitative estimate of drug-likeness (QED) is 0.678. The molecular weight excluding hydrogens is 298 g/mol. The Morgan fingerprint density at radius 1 is 1.57 bits per heavy atom. The predicted molar refractivity (Wildman–Crippen MR) is 76.2 cm³/mol.